The first-order chi connectivity index (χ1) is 12.9. The van der Waals surface area contributed by atoms with Crippen molar-refractivity contribution in [3.8, 4) is 0 Å². The second-order valence-corrected chi connectivity index (χ2v) is 6.98. The normalized spacial score (nSPS) is 13.7. The van der Waals surface area contributed by atoms with Crippen LogP contribution in [-0.2, 0) is 22.6 Å². The van der Waals surface area contributed by atoms with Crippen molar-refractivity contribution in [2.75, 3.05) is 11.9 Å². The summed E-state index contributed by atoms with van der Waals surface area (Å²) < 4.78 is 14.7. The molecular formula is C20H22Cl2FN3O2. The molecule has 0 fully saturated rings. The van der Waals surface area contributed by atoms with E-state index in [4.69, 9.17) is 11.6 Å². The summed E-state index contributed by atoms with van der Waals surface area (Å²) >= 11 is 5.90. The van der Waals surface area contributed by atoms with E-state index in [1.165, 1.54) is 6.92 Å². The van der Waals surface area contributed by atoms with Crippen LogP contribution in [0.1, 0.15) is 36.1 Å². The molecule has 0 aliphatic carbocycles. The van der Waals surface area contributed by atoms with Gasteiger partial charge < -0.3 is 16.0 Å². The van der Waals surface area contributed by atoms with Crippen LogP contribution in [-0.4, -0.2) is 18.4 Å². The van der Waals surface area contributed by atoms with E-state index < -0.39 is 6.04 Å². The van der Waals surface area contributed by atoms with Crippen LogP contribution in [0.4, 0.5) is 10.1 Å². The number of nitrogens with one attached hydrogen (secondary N) is 3. The lowest BCUT2D eigenvalue weighted by molar-refractivity contribution is -0.120. The monoisotopic (exact) mass is 425 g/mol. The highest BCUT2D eigenvalue weighted by Crippen LogP contribution is 2.26. The zero-order chi connectivity index (χ0) is 19.4. The number of hydrogen-bond acceptors (Lipinski definition) is 3. The standard InChI is InChI=1S/C20H21ClFN3O2.ClH/c1-12(26)24-18(13-2-5-15(21)6-3-13)10-19(27)25-17-7-4-14-11-23-9-8-16(14)20(17)22;/h2-7,18,23H,8-11H2,1H3,(H,24,26)(H,25,27);1H. The molecule has 2 aromatic carbocycles. The third kappa shape index (κ3) is 5.44. The fourth-order valence-corrected chi connectivity index (χ4v) is 3.34. The van der Waals surface area contributed by atoms with E-state index in [0.29, 0.717) is 30.1 Å². The molecule has 1 unspecified atom stereocenters. The summed E-state index contributed by atoms with van der Waals surface area (Å²) in [5.41, 5.74) is 2.47. The number of rotatable bonds is 5. The molecule has 3 rings (SSSR count). The highest BCUT2D eigenvalue weighted by Gasteiger charge is 2.20. The smallest absolute Gasteiger partial charge is 0.226 e. The first-order valence-electron chi connectivity index (χ1n) is 8.77. The predicted octanol–water partition coefficient (Wildman–Crippen LogP) is 3.75. The number of amides is 2. The van der Waals surface area contributed by atoms with Gasteiger partial charge in [0, 0.05) is 18.5 Å². The molecule has 0 saturated carbocycles. The molecule has 0 radical (unpaired) electrons. The maximum Gasteiger partial charge on any atom is 0.226 e. The molecular weight excluding hydrogens is 404 g/mol. The van der Waals surface area contributed by atoms with E-state index in [-0.39, 0.29) is 42.1 Å². The Morgan fingerprint density at radius 2 is 1.93 bits per heavy atom. The molecule has 5 nitrogen and oxygen atoms in total. The van der Waals surface area contributed by atoms with Gasteiger partial charge in [0.15, 0.2) is 0 Å². The van der Waals surface area contributed by atoms with Crippen LogP contribution in [0.2, 0.25) is 5.02 Å². The molecule has 2 amide bonds. The molecule has 2 aromatic rings. The average Bonchev–Trinajstić information content (AvgIpc) is 2.64. The molecule has 8 heteroatoms. The van der Waals surface area contributed by atoms with Crippen LogP contribution in [0.5, 0.6) is 0 Å². The van der Waals surface area contributed by atoms with Crippen LogP contribution in [0.25, 0.3) is 0 Å². The fraction of sp³-hybridized carbons (Fsp3) is 0.300. The third-order valence-corrected chi connectivity index (χ3v) is 4.77. The first kappa shape index (κ1) is 22.1. The number of hydrogen-bond donors (Lipinski definition) is 3. The maximum atomic E-state index is 14.7. The lowest BCUT2D eigenvalue weighted by atomic mass is 9.99. The molecule has 0 spiro atoms. The zero-order valence-corrected chi connectivity index (χ0v) is 16.9. The highest BCUT2D eigenvalue weighted by atomic mass is 35.5. The van der Waals surface area contributed by atoms with E-state index in [2.05, 4.69) is 16.0 Å². The van der Waals surface area contributed by atoms with Gasteiger partial charge in [0.25, 0.3) is 0 Å². The number of carbonyl (C=O) groups is 2. The average molecular weight is 426 g/mol. The molecule has 0 bridgehead atoms. The molecule has 28 heavy (non-hydrogen) atoms. The van der Waals surface area contributed by atoms with Gasteiger partial charge in [-0.25, -0.2) is 4.39 Å². The summed E-state index contributed by atoms with van der Waals surface area (Å²) in [7, 11) is 0. The van der Waals surface area contributed by atoms with Gasteiger partial charge in [-0.05, 0) is 47.9 Å². The number of benzene rings is 2. The summed E-state index contributed by atoms with van der Waals surface area (Å²) in [6.45, 7) is 2.72. The van der Waals surface area contributed by atoms with Gasteiger partial charge in [0.05, 0.1) is 18.2 Å². The van der Waals surface area contributed by atoms with Crippen molar-refractivity contribution in [2.24, 2.45) is 0 Å². The van der Waals surface area contributed by atoms with Gasteiger partial charge in [-0.3, -0.25) is 9.59 Å². The summed E-state index contributed by atoms with van der Waals surface area (Å²) in [6, 6.07) is 9.77. The van der Waals surface area contributed by atoms with E-state index in [1.807, 2.05) is 6.07 Å². The van der Waals surface area contributed by atoms with Crippen LogP contribution in [0, 0.1) is 5.82 Å². The van der Waals surface area contributed by atoms with Crippen LogP contribution >= 0.6 is 24.0 Å². The van der Waals surface area contributed by atoms with E-state index >= 15 is 0 Å². The fourth-order valence-electron chi connectivity index (χ4n) is 3.21. The molecule has 0 saturated heterocycles. The molecule has 1 heterocycles. The van der Waals surface area contributed by atoms with Gasteiger partial charge in [-0.15, -0.1) is 12.4 Å². The molecule has 1 aliphatic rings. The topological polar surface area (TPSA) is 70.2 Å². The van der Waals surface area contributed by atoms with Gasteiger partial charge in [-0.2, -0.15) is 0 Å². The number of halogens is 3. The van der Waals surface area contributed by atoms with Gasteiger partial charge in [-0.1, -0.05) is 29.8 Å². The molecule has 1 aliphatic heterocycles. The Balaban J connectivity index is 0.00000280. The Labute approximate surface area is 174 Å². The number of carbonyl (C=O) groups excluding carboxylic acids is 2. The van der Waals surface area contributed by atoms with Gasteiger partial charge in [0.2, 0.25) is 11.8 Å². The molecule has 1 atom stereocenters. The maximum absolute atomic E-state index is 14.7. The number of anilines is 1. The minimum atomic E-state index is -0.523. The van der Waals surface area contributed by atoms with Crippen molar-refractivity contribution in [3.63, 3.8) is 0 Å². The van der Waals surface area contributed by atoms with Crippen molar-refractivity contribution < 1.29 is 14.0 Å². The van der Waals surface area contributed by atoms with Crippen LogP contribution in [0.3, 0.4) is 0 Å². The summed E-state index contributed by atoms with van der Waals surface area (Å²) in [5, 5.41) is 9.14. The summed E-state index contributed by atoms with van der Waals surface area (Å²) in [5.74, 6) is -1.02. The van der Waals surface area contributed by atoms with E-state index in [1.54, 1.807) is 30.3 Å². The van der Waals surface area contributed by atoms with Crippen LogP contribution < -0.4 is 16.0 Å². The largest absolute Gasteiger partial charge is 0.349 e. The zero-order valence-electron chi connectivity index (χ0n) is 15.4. The minimum Gasteiger partial charge on any atom is -0.349 e. The van der Waals surface area contributed by atoms with Crippen molar-refractivity contribution in [3.05, 3.63) is 63.9 Å². The van der Waals surface area contributed by atoms with Crippen LogP contribution in [0.15, 0.2) is 36.4 Å². The second kappa shape index (κ2) is 9.87. The van der Waals surface area contributed by atoms with Crippen molar-refractivity contribution in [2.45, 2.75) is 32.4 Å². The van der Waals surface area contributed by atoms with E-state index in [0.717, 1.165) is 11.1 Å². The Kier molecular flexibility index (Phi) is 7.80. The lowest BCUT2D eigenvalue weighted by Gasteiger charge is -2.21. The highest BCUT2D eigenvalue weighted by molar-refractivity contribution is 6.30. The Hall–Kier alpha value is -2.15. The third-order valence-electron chi connectivity index (χ3n) is 4.52. The number of fused-ring (bicyclic) bond motifs is 1. The van der Waals surface area contributed by atoms with Gasteiger partial charge >= 0.3 is 0 Å². The molecule has 0 aromatic heterocycles. The molecule has 150 valence electrons. The van der Waals surface area contributed by atoms with E-state index in [9.17, 15) is 14.0 Å². The Bertz CT molecular complexity index is 859. The van der Waals surface area contributed by atoms with Crippen molar-refractivity contribution in [1.29, 1.82) is 0 Å². The predicted molar refractivity (Wildman–Crippen MR) is 110 cm³/mol. The quantitative estimate of drug-likeness (QED) is 0.682. The van der Waals surface area contributed by atoms with Gasteiger partial charge in [0.1, 0.15) is 5.82 Å². The summed E-state index contributed by atoms with van der Waals surface area (Å²) in [6.07, 6.45) is 0.573. The van der Waals surface area contributed by atoms with Crippen molar-refractivity contribution in [1.82, 2.24) is 10.6 Å². The first-order valence-corrected chi connectivity index (χ1v) is 9.15. The SMILES string of the molecule is CC(=O)NC(CC(=O)Nc1ccc2c(c1F)CCNC2)c1ccc(Cl)cc1.Cl. The Morgan fingerprint density at radius 3 is 2.61 bits per heavy atom. The van der Waals surface area contributed by atoms with Crippen molar-refractivity contribution >= 4 is 41.5 Å². The Morgan fingerprint density at radius 1 is 1.21 bits per heavy atom. The molecule has 3 N–H and O–H groups in total. The summed E-state index contributed by atoms with van der Waals surface area (Å²) in [4.78, 5) is 24.0. The lowest BCUT2D eigenvalue weighted by Crippen LogP contribution is -2.30. The second-order valence-electron chi connectivity index (χ2n) is 6.55. The minimum absolute atomic E-state index is 0.